The van der Waals surface area contributed by atoms with Crippen LogP contribution >= 0.6 is 11.6 Å². The number of pyridine rings is 1. The van der Waals surface area contributed by atoms with Gasteiger partial charge in [-0.15, -0.1) is 5.10 Å². The molecule has 0 unspecified atom stereocenters. The summed E-state index contributed by atoms with van der Waals surface area (Å²) in [6, 6.07) is 6.00. The zero-order valence-electron chi connectivity index (χ0n) is 9.92. The maximum Gasteiger partial charge on any atom is 0.143 e. The first-order chi connectivity index (χ1) is 8.66. The Kier molecular flexibility index (Phi) is 2.48. The highest BCUT2D eigenvalue weighted by Gasteiger charge is 2.09. The van der Waals surface area contributed by atoms with E-state index >= 15 is 0 Å². The maximum atomic E-state index is 6.08. The maximum absolute atomic E-state index is 6.08. The SMILES string of the molecule is Cc1cc2ccc(-n3cnnn3)c(C)c2nc1Cl. The van der Waals surface area contributed by atoms with Crippen molar-refractivity contribution in [2.24, 2.45) is 0 Å². The molecule has 5 nitrogen and oxygen atoms in total. The van der Waals surface area contributed by atoms with Gasteiger partial charge < -0.3 is 0 Å². The highest BCUT2D eigenvalue weighted by molar-refractivity contribution is 6.30. The number of aryl methyl sites for hydroxylation is 2. The summed E-state index contributed by atoms with van der Waals surface area (Å²) >= 11 is 6.08. The van der Waals surface area contributed by atoms with Crippen molar-refractivity contribution in [2.45, 2.75) is 13.8 Å². The highest BCUT2D eigenvalue weighted by Crippen LogP contribution is 2.25. The summed E-state index contributed by atoms with van der Waals surface area (Å²) in [5, 5.41) is 12.8. The van der Waals surface area contributed by atoms with E-state index in [-0.39, 0.29) is 0 Å². The van der Waals surface area contributed by atoms with Crippen LogP contribution in [-0.4, -0.2) is 25.2 Å². The smallest absolute Gasteiger partial charge is 0.143 e. The number of hydrogen-bond donors (Lipinski definition) is 0. The Bertz CT molecular complexity index is 721. The molecular formula is C12H10ClN5. The molecule has 3 rings (SSSR count). The zero-order valence-corrected chi connectivity index (χ0v) is 10.7. The number of halogens is 1. The molecule has 3 aromatic rings. The van der Waals surface area contributed by atoms with Gasteiger partial charge in [0.1, 0.15) is 11.5 Å². The molecule has 18 heavy (non-hydrogen) atoms. The number of tetrazole rings is 1. The normalized spacial score (nSPS) is 11.1. The third-order valence-corrected chi connectivity index (χ3v) is 3.32. The Balaban J connectivity index is 2.32. The van der Waals surface area contributed by atoms with Gasteiger partial charge in [0.05, 0.1) is 11.2 Å². The topological polar surface area (TPSA) is 56.5 Å². The predicted molar refractivity (Wildman–Crippen MR) is 68.9 cm³/mol. The van der Waals surface area contributed by atoms with E-state index < -0.39 is 0 Å². The lowest BCUT2D eigenvalue weighted by Crippen LogP contribution is -1.99. The average Bonchev–Trinajstić information content (AvgIpc) is 2.86. The fourth-order valence-electron chi connectivity index (χ4n) is 1.97. The Morgan fingerprint density at radius 2 is 2.06 bits per heavy atom. The molecule has 0 aliphatic rings. The van der Waals surface area contributed by atoms with E-state index in [1.54, 1.807) is 11.0 Å². The van der Waals surface area contributed by atoms with E-state index in [0.29, 0.717) is 5.15 Å². The van der Waals surface area contributed by atoms with E-state index in [4.69, 9.17) is 11.6 Å². The van der Waals surface area contributed by atoms with Crippen LogP contribution in [0, 0.1) is 13.8 Å². The minimum atomic E-state index is 0.527. The molecular weight excluding hydrogens is 250 g/mol. The zero-order chi connectivity index (χ0) is 12.7. The fourth-order valence-corrected chi connectivity index (χ4v) is 2.11. The van der Waals surface area contributed by atoms with E-state index in [2.05, 4.69) is 20.5 Å². The van der Waals surface area contributed by atoms with Gasteiger partial charge in [-0.2, -0.15) is 0 Å². The molecule has 6 heteroatoms. The summed E-state index contributed by atoms with van der Waals surface area (Å²) in [6.07, 6.45) is 1.56. The second-order valence-electron chi connectivity index (χ2n) is 4.13. The molecule has 0 spiro atoms. The van der Waals surface area contributed by atoms with Crippen LogP contribution in [0.5, 0.6) is 0 Å². The van der Waals surface area contributed by atoms with Crippen LogP contribution in [0.4, 0.5) is 0 Å². The largest absolute Gasteiger partial charge is 0.235 e. The molecule has 0 saturated heterocycles. The van der Waals surface area contributed by atoms with E-state index in [0.717, 1.165) is 27.7 Å². The molecule has 0 amide bonds. The van der Waals surface area contributed by atoms with Gasteiger partial charge in [-0.05, 0) is 42.0 Å². The van der Waals surface area contributed by atoms with Crippen LogP contribution in [0.2, 0.25) is 5.15 Å². The number of aromatic nitrogens is 5. The molecule has 2 aromatic heterocycles. The van der Waals surface area contributed by atoms with Gasteiger partial charge >= 0.3 is 0 Å². The summed E-state index contributed by atoms with van der Waals surface area (Å²) in [4.78, 5) is 4.43. The first-order valence-electron chi connectivity index (χ1n) is 5.46. The van der Waals surface area contributed by atoms with Gasteiger partial charge in [0.15, 0.2) is 0 Å². The third-order valence-electron chi connectivity index (χ3n) is 2.94. The van der Waals surface area contributed by atoms with Crippen molar-refractivity contribution in [1.82, 2.24) is 25.2 Å². The molecule has 2 heterocycles. The monoisotopic (exact) mass is 259 g/mol. The molecule has 0 bridgehead atoms. The summed E-state index contributed by atoms with van der Waals surface area (Å²) in [5.41, 5.74) is 3.75. The molecule has 0 atom stereocenters. The van der Waals surface area contributed by atoms with Crippen molar-refractivity contribution in [3.05, 3.63) is 40.8 Å². The fraction of sp³-hybridized carbons (Fsp3) is 0.167. The Labute approximate surface area is 108 Å². The molecule has 0 fully saturated rings. The first-order valence-corrected chi connectivity index (χ1v) is 5.84. The number of fused-ring (bicyclic) bond motifs is 1. The molecule has 0 aliphatic heterocycles. The summed E-state index contributed by atoms with van der Waals surface area (Å²) in [5.74, 6) is 0. The minimum absolute atomic E-state index is 0.527. The summed E-state index contributed by atoms with van der Waals surface area (Å²) in [7, 11) is 0. The van der Waals surface area contributed by atoms with Gasteiger partial charge in [0, 0.05) is 10.9 Å². The van der Waals surface area contributed by atoms with Crippen molar-refractivity contribution in [1.29, 1.82) is 0 Å². The van der Waals surface area contributed by atoms with Crippen LogP contribution in [0.15, 0.2) is 24.5 Å². The van der Waals surface area contributed by atoms with Crippen molar-refractivity contribution in [2.75, 3.05) is 0 Å². The van der Waals surface area contributed by atoms with Gasteiger partial charge in [-0.3, -0.25) is 0 Å². The van der Waals surface area contributed by atoms with Crippen LogP contribution in [-0.2, 0) is 0 Å². The summed E-state index contributed by atoms with van der Waals surface area (Å²) < 4.78 is 1.62. The van der Waals surface area contributed by atoms with Crippen LogP contribution < -0.4 is 0 Å². The molecule has 0 aliphatic carbocycles. The second kappa shape index (κ2) is 4.03. The Hall–Kier alpha value is -2.01. The lowest BCUT2D eigenvalue weighted by molar-refractivity contribution is 0.786. The number of hydrogen-bond acceptors (Lipinski definition) is 4. The van der Waals surface area contributed by atoms with Crippen molar-refractivity contribution < 1.29 is 0 Å². The van der Waals surface area contributed by atoms with Gasteiger partial charge in [0.2, 0.25) is 0 Å². The Morgan fingerprint density at radius 3 is 2.78 bits per heavy atom. The quantitative estimate of drug-likeness (QED) is 0.630. The van der Waals surface area contributed by atoms with Gasteiger partial charge in [-0.1, -0.05) is 17.7 Å². The van der Waals surface area contributed by atoms with E-state index in [9.17, 15) is 0 Å². The lowest BCUT2D eigenvalue weighted by atomic mass is 10.1. The number of rotatable bonds is 1. The third kappa shape index (κ3) is 1.64. The highest BCUT2D eigenvalue weighted by atomic mass is 35.5. The van der Waals surface area contributed by atoms with Gasteiger partial charge in [0.25, 0.3) is 0 Å². The lowest BCUT2D eigenvalue weighted by Gasteiger charge is -2.09. The minimum Gasteiger partial charge on any atom is -0.235 e. The van der Waals surface area contributed by atoms with Crippen molar-refractivity contribution in [3.8, 4) is 5.69 Å². The predicted octanol–water partition coefficient (Wildman–Crippen LogP) is 2.48. The van der Waals surface area contributed by atoms with Crippen LogP contribution in [0.1, 0.15) is 11.1 Å². The molecule has 0 saturated carbocycles. The molecule has 0 radical (unpaired) electrons. The Morgan fingerprint density at radius 1 is 1.22 bits per heavy atom. The van der Waals surface area contributed by atoms with Crippen molar-refractivity contribution >= 4 is 22.5 Å². The number of nitrogens with zero attached hydrogens (tertiary/aromatic N) is 5. The standard InChI is InChI=1S/C12H10ClN5/c1-7-5-9-3-4-10(18-6-14-16-17-18)8(2)11(9)15-12(7)13/h3-6H,1-2H3. The van der Waals surface area contributed by atoms with Crippen LogP contribution in [0.3, 0.4) is 0 Å². The second-order valence-corrected chi connectivity index (χ2v) is 4.49. The van der Waals surface area contributed by atoms with Crippen LogP contribution in [0.25, 0.3) is 16.6 Å². The van der Waals surface area contributed by atoms with Gasteiger partial charge in [-0.25, -0.2) is 9.67 Å². The number of benzene rings is 1. The first kappa shape index (κ1) is 11.1. The van der Waals surface area contributed by atoms with E-state index in [1.807, 2.05) is 32.0 Å². The molecule has 90 valence electrons. The average molecular weight is 260 g/mol. The van der Waals surface area contributed by atoms with Crippen molar-refractivity contribution in [3.63, 3.8) is 0 Å². The van der Waals surface area contributed by atoms with E-state index in [1.165, 1.54) is 0 Å². The summed E-state index contributed by atoms with van der Waals surface area (Å²) in [6.45, 7) is 3.93. The molecule has 0 N–H and O–H groups in total. The molecule has 1 aromatic carbocycles.